The zero-order chi connectivity index (χ0) is 66.0. The highest BCUT2D eigenvalue weighted by molar-refractivity contribution is 5.76. The Morgan fingerprint density at radius 2 is 0.380 bits per heavy atom. The standard InChI is InChI=1S/C86H164N2O4/c1-5-9-13-17-21-25-29-33-37-41-45-49-53-57-61-67-73-87(74-68-62-58-54-50-46-42-38-34-30-26-22-18-14-10-6-2)77-79-91-85(89)81-83-71-65-66-72-84(83)82-86(90)92-80-78-88(75-69-63-59-55-51-47-43-39-35-31-27-23-19-15-11-7-3)76-70-64-60-56-52-48-44-40-36-32-28-24-20-16-12-8-4/h65-66,71-72H,5-64,67-70,73-82H2,1-4H3. The van der Waals surface area contributed by atoms with Crippen molar-refractivity contribution in [3.05, 3.63) is 35.4 Å². The summed E-state index contributed by atoms with van der Waals surface area (Å²) in [4.78, 5) is 32.1. The van der Waals surface area contributed by atoms with Gasteiger partial charge in [0.25, 0.3) is 0 Å². The van der Waals surface area contributed by atoms with Crippen LogP contribution in [0.4, 0.5) is 0 Å². The summed E-state index contributed by atoms with van der Waals surface area (Å²) in [5.74, 6) is -0.399. The van der Waals surface area contributed by atoms with Gasteiger partial charge in [-0.1, -0.05) is 437 Å². The average molecular weight is 1290 g/mol. The number of carbonyl (C=O) groups excluding carboxylic acids is 2. The van der Waals surface area contributed by atoms with Gasteiger partial charge in [0.2, 0.25) is 0 Å². The average Bonchev–Trinajstić information content (AvgIpc) is 1.83. The number of nitrogens with zero attached hydrogens (tertiary/aromatic N) is 2. The fourth-order valence-corrected chi connectivity index (χ4v) is 14.1. The fraction of sp³-hybridized carbons (Fsp3) is 0.907. The first-order valence-corrected chi connectivity index (χ1v) is 42.4. The zero-order valence-corrected chi connectivity index (χ0v) is 63.2. The van der Waals surface area contributed by atoms with Crippen molar-refractivity contribution in [1.82, 2.24) is 9.80 Å². The summed E-state index contributed by atoms with van der Waals surface area (Å²) in [6.07, 6.45) is 89.3. The summed E-state index contributed by atoms with van der Waals surface area (Å²) in [7, 11) is 0. The number of rotatable bonds is 78. The summed E-state index contributed by atoms with van der Waals surface area (Å²) in [6.45, 7) is 16.0. The molecule has 0 fully saturated rings. The van der Waals surface area contributed by atoms with Crippen molar-refractivity contribution in [3.8, 4) is 0 Å². The summed E-state index contributed by atoms with van der Waals surface area (Å²) < 4.78 is 12.0. The lowest BCUT2D eigenvalue weighted by Gasteiger charge is -2.22. The zero-order valence-electron chi connectivity index (χ0n) is 63.2. The molecule has 0 aliphatic heterocycles. The number of hydrogen-bond donors (Lipinski definition) is 0. The minimum atomic E-state index is -0.200. The van der Waals surface area contributed by atoms with Crippen molar-refractivity contribution in [2.45, 2.75) is 451 Å². The predicted molar refractivity (Wildman–Crippen MR) is 407 cm³/mol. The molecule has 0 N–H and O–H groups in total. The molecule has 0 spiro atoms. The lowest BCUT2D eigenvalue weighted by Crippen LogP contribution is -2.31. The summed E-state index contributed by atoms with van der Waals surface area (Å²) in [6, 6.07) is 7.93. The molecule has 6 heteroatoms. The summed E-state index contributed by atoms with van der Waals surface area (Å²) >= 11 is 0. The van der Waals surface area contributed by atoms with Crippen molar-refractivity contribution >= 4 is 11.9 Å². The highest BCUT2D eigenvalue weighted by Crippen LogP contribution is 2.20. The Labute approximate surface area is 577 Å². The maximum Gasteiger partial charge on any atom is 0.310 e. The van der Waals surface area contributed by atoms with Crippen LogP contribution in [0.5, 0.6) is 0 Å². The molecule has 0 aliphatic rings. The van der Waals surface area contributed by atoms with E-state index in [0.29, 0.717) is 13.2 Å². The molecule has 0 aliphatic carbocycles. The van der Waals surface area contributed by atoms with Crippen LogP contribution in [0, 0.1) is 0 Å². The summed E-state index contributed by atoms with van der Waals surface area (Å²) in [5.41, 5.74) is 1.75. The fourth-order valence-electron chi connectivity index (χ4n) is 14.1. The first-order valence-electron chi connectivity index (χ1n) is 42.4. The van der Waals surface area contributed by atoms with Gasteiger partial charge in [-0.05, 0) is 63.0 Å². The molecular weight excluding hydrogens is 1120 g/mol. The number of esters is 2. The molecule has 1 aromatic carbocycles. The van der Waals surface area contributed by atoms with E-state index >= 15 is 0 Å². The molecule has 0 saturated carbocycles. The van der Waals surface area contributed by atoms with Gasteiger partial charge in [-0.15, -0.1) is 0 Å². The van der Waals surface area contributed by atoms with Gasteiger partial charge in [-0.25, -0.2) is 0 Å². The van der Waals surface area contributed by atoms with Gasteiger partial charge in [0, 0.05) is 13.1 Å². The minimum Gasteiger partial charge on any atom is -0.464 e. The van der Waals surface area contributed by atoms with E-state index in [9.17, 15) is 9.59 Å². The van der Waals surface area contributed by atoms with Crippen LogP contribution in [0.25, 0.3) is 0 Å². The van der Waals surface area contributed by atoms with Crippen LogP contribution in [0.1, 0.15) is 450 Å². The second kappa shape index (κ2) is 74.9. The van der Waals surface area contributed by atoms with Crippen LogP contribution in [0.2, 0.25) is 0 Å². The van der Waals surface area contributed by atoms with Crippen LogP contribution in [0.15, 0.2) is 24.3 Å². The number of ether oxygens (including phenoxy) is 2. The highest BCUT2D eigenvalue weighted by Gasteiger charge is 2.15. The molecule has 0 amide bonds. The lowest BCUT2D eigenvalue weighted by atomic mass is 10.0. The Bertz CT molecular complexity index is 1410. The number of benzene rings is 1. The largest absolute Gasteiger partial charge is 0.464 e. The molecule has 1 rings (SSSR count). The molecular formula is C86H164N2O4. The smallest absolute Gasteiger partial charge is 0.310 e. The second-order valence-electron chi connectivity index (χ2n) is 29.5. The van der Waals surface area contributed by atoms with Gasteiger partial charge in [-0.2, -0.15) is 0 Å². The van der Waals surface area contributed by atoms with E-state index in [2.05, 4.69) is 37.5 Å². The number of unbranched alkanes of at least 4 members (excludes halogenated alkanes) is 60. The normalized spacial score (nSPS) is 11.7. The molecule has 0 radical (unpaired) electrons. The van der Waals surface area contributed by atoms with E-state index in [1.165, 1.54) is 411 Å². The Morgan fingerprint density at radius 3 is 0.543 bits per heavy atom. The quantitative estimate of drug-likeness (QED) is 0.0478. The predicted octanol–water partition coefficient (Wildman–Crippen LogP) is 27.5. The Kier molecular flexibility index (Phi) is 71.7. The third kappa shape index (κ3) is 65.4. The van der Waals surface area contributed by atoms with Crippen molar-refractivity contribution in [3.63, 3.8) is 0 Å². The molecule has 0 heterocycles. The molecule has 0 aromatic heterocycles. The van der Waals surface area contributed by atoms with Gasteiger partial charge < -0.3 is 9.47 Å². The van der Waals surface area contributed by atoms with E-state index in [1.54, 1.807) is 0 Å². The van der Waals surface area contributed by atoms with E-state index in [0.717, 1.165) is 50.4 Å². The first kappa shape index (κ1) is 88.1. The topological polar surface area (TPSA) is 59.1 Å². The molecule has 0 atom stereocenters. The van der Waals surface area contributed by atoms with Gasteiger partial charge in [0.05, 0.1) is 12.8 Å². The van der Waals surface area contributed by atoms with Gasteiger partial charge in [0.15, 0.2) is 0 Å². The van der Waals surface area contributed by atoms with Crippen molar-refractivity contribution in [2.24, 2.45) is 0 Å². The molecule has 0 unspecified atom stereocenters. The van der Waals surface area contributed by atoms with Crippen molar-refractivity contribution in [2.75, 3.05) is 52.5 Å². The van der Waals surface area contributed by atoms with E-state index in [1.807, 2.05) is 24.3 Å². The van der Waals surface area contributed by atoms with Crippen LogP contribution >= 0.6 is 0 Å². The molecule has 542 valence electrons. The van der Waals surface area contributed by atoms with Crippen LogP contribution in [-0.4, -0.2) is 74.2 Å². The molecule has 1 aromatic rings. The van der Waals surface area contributed by atoms with Gasteiger partial charge in [-0.3, -0.25) is 19.4 Å². The SMILES string of the molecule is CCCCCCCCCCCCCCCCCCN(CCCCCCCCCCCCCCCCCC)CCOC(=O)Cc1ccccc1CC(=O)OCCN(CCCCCCCCCCCCCCCCCC)CCCCCCCCCCCCCCCCCC. The number of hydrogen-bond acceptors (Lipinski definition) is 6. The second-order valence-corrected chi connectivity index (χ2v) is 29.5. The van der Waals surface area contributed by atoms with E-state index in [-0.39, 0.29) is 24.8 Å². The van der Waals surface area contributed by atoms with Gasteiger partial charge >= 0.3 is 11.9 Å². The first-order chi connectivity index (χ1) is 45.5. The molecule has 6 nitrogen and oxygen atoms in total. The lowest BCUT2D eigenvalue weighted by molar-refractivity contribution is -0.144. The molecule has 92 heavy (non-hydrogen) atoms. The van der Waals surface area contributed by atoms with Crippen LogP contribution < -0.4 is 0 Å². The van der Waals surface area contributed by atoms with Crippen molar-refractivity contribution < 1.29 is 19.1 Å². The maximum atomic E-state index is 13.5. The van der Waals surface area contributed by atoms with E-state index in [4.69, 9.17) is 9.47 Å². The maximum absolute atomic E-state index is 13.5. The summed E-state index contributed by atoms with van der Waals surface area (Å²) in [5, 5.41) is 0. The third-order valence-electron chi connectivity index (χ3n) is 20.4. The van der Waals surface area contributed by atoms with Crippen LogP contribution in [0.3, 0.4) is 0 Å². The molecule has 0 bridgehead atoms. The number of carbonyl (C=O) groups is 2. The Balaban J connectivity index is 2.59. The van der Waals surface area contributed by atoms with Crippen LogP contribution in [-0.2, 0) is 31.9 Å². The molecule has 0 saturated heterocycles. The monoisotopic (exact) mass is 1290 g/mol. The van der Waals surface area contributed by atoms with Crippen molar-refractivity contribution in [1.29, 1.82) is 0 Å². The highest BCUT2D eigenvalue weighted by atomic mass is 16.5. The Hall–Kier alpha value is -1.92. The minimum absolute atomic E-state index is 0.189. The van der Waals surface area contributed by atoms with Gasteiger partial charge in [0.1, 0.15) is 13.2 Å². The Morgan fingerprint density at radius 1 is 0.228 bits per heavy atom. The van der Waals surface area contributed by atoms with E-state index < -0.39 is 0 Å². The third-order valence-corrected chi connectivity index (χ3v) is 20.4.